The number of benzene rings is 2. The predicted octanol–water partition coefficient (Wildman–Crippen LogP) is 5.92. The van der Waals surface area contributed by atoms with E-state index in [2.05, 4.69) is 17.5 Å². The van der Waals surface area contributed by atoms with Crippen LogP contribution in [0.25, 0.3) is 10.8 Å². The van der Waals surface area contributed by atoms with Crippen LogP contribution in [-0.2, 0) is 4.79 Å². The average Bonchev–Trinajstić information content (AvgIpc) is 2.68. The molecule has 0 fully saturated rings. The lowest BCUT2D eigenvalue weighted by Gasteiger charge is -2.04. The Hall–Kier alpha value is -2.36. The Bertz CT molecular complexity index is 740. The SMILES string of the molecule is CCCCCCCCCCCC(=O)NN=Cc1ccc2ccccc2c1O. The first-order valence-electron chi connectivity index (χ1n) is 10.2. The van der Waals surface area contributed by atoms with Gasteiger partial charge in [0.1, 0.15) is 5.75 Å². The molecule has 4 nitrogen and oxygen atoms in total. The van der Waals surface area contributed by atoms with E-state index in [0.29, 0.717) is 12.0 Å². The van der Waals surface area contributed by atoms with Gasteiger partial charge in [-0.25, -0.2) is 5.43 Å². The third kappa shape index (κ3) is 7.41. The highest BCUT2D eigenvalue weighted by Crippen LogP contribution is 2.27. The monoisotopic (exact) mass is 368 g/mol. The molecule has 2 aromatic carbocycles. The molecule has 0 unspecified atom stereocenters. The second-order valence-electron chi connectivity index (χ2n) is 7.10. The number of carbonyl (C=O) groups excluding carboxylic acids is 1. The van der Waals surface area contributed by atoms with Crippen molar-refractivity contribution in [1.82, 2.24) is 5.43 Å². The fourth-order valence-corrected chi connectivity index (χ4v) is 3.20. The number of nitrogens with zero attached hydrogens (tertiary/aromatic N) is 1. The van der Waals surface area contributed by atoms with Gasteiger partial charge in [0.05, 0.1) is 6.21 Å². The van der Waals surface area contributed by atoms with Crippen molar-refractivity contribution < 1.29 is 9.90 Å². The third-order valence-electron chi connectivity index (χ3n) is 4.83. The average molecular weight is 369 g/mol. The van der Waals surface area contributed by atoms with Crippen molar-refractivity contribution in [3.8, 4) is 5.75 Å². The summed E-state index contributed by atoms with van der Waals surface area (Å²) in [5, 5.41) is 16.0. The number of amides is 1. The smallest absolute Gasteiger partial charge is 0.240 e. The van der Waals surface area contributed by atoms with Crippen molar-refractivity contribution >= 4 is 22.9 Å². The number of fused-ring (bicyclic) bond motifs is 1. The van der Waals surface area contributed by atoms with Crippen LogP contribution in [0.15, 0.2) is 41.5 Å². The molecule has 0 aliphatic rings. The zero-order valence-electron chi connectivity index (χ0n) is 16.4. The maximum atomic E-state index is 11.9. The molecule has 0 aromatic heterocycles. The maximum Gasteiger partial charge on any atom is 0.240 e. The molecule has 0 saturated heterocycles. The van der Waals surface area contributed by atoms with E-state index < -0.39 is 0 Å². The van der Waals surface area contributed by atoms with Gasteiger partial charge in [-0.15, -0.1) is 0 Å². The fourth-order valence-electron chi connectivity index (χ4n) is 3.20. The molecule has 0 aliphatic heterocycles. The van der Waals surface area contributed by atoms with Crippen molar-refractivity contribution in [1.29, 1.82) is 0 Å². The van der Waals surface area contributed by atoms with Gasteiger partial charge in [0.2, 0.25) is 5.91 Å². The molecule has 27 heavy (non-hydrogen) atoms. The molecule has 2 rings (SSSR count). The number of hydrogen-bond acceptors (Lipinski definition) is 3. The molecule has 2 N–H and O–H groups in total. The molecular formula is C23H32N2O2. The van der Waals surface area contributed by atoms with Crippen molar-refractivity contribution in [3.63, 3.8) is 0 Å². The lowest BCUT2D eigenvalue weighted by Crippen LogP contribution is -2.16. The van der Waals surface area contributed by atoms with E-state index in [4.69, 9.17) is 0 Å². The number of carbonyl (C=O) groups is 1. The Kier molecular flexibility index (Phi) is 9.39. The summed E-state index contributed by atoms with van der Waals surface area (Å²) in [5.74, 6) is 0.111. The van der Waals surface area contributed by atoms with Crippen molar-refractivity contribution in [2.75, 3.05) is 0 Å². The van der Waals surface area contributed by atoms with E-state index in [1.54, 1.807) is 6.07 Å². The lowest BCUT2D eigenvalue weighted by molar-refractivity contribution is -0.121. The molecule has 4 heteroatoms. The molecule has 0 radical (unpaired) electrons. The molecule has 2 aromatic rings. The van der Waals surface area contributed by atoms with E-state index in [0.717, 1.165) is 23.6 Å². The summed E-state index contributed by atoms with van der Waals surface area (Å²) in [6.07, 6.45) is 13.1. The Morgan fingerprint density at radius 1 is 0.963 bits per heavy atom. The molecule has 0 bridgehead atoms. The van der Waals surface area contributed by atoms with Crippen LogP contribution in [-0.4, -0.2) is 17.2 Å². The highest BCUT2D eigenvalue weighted by molar-refractivity contribution is 5.97. The molecule has 0 spiro atoms. The summed E-state index contributed by atoms with van der Waals surface area (Å²) < 4.78 is 0. The maximum absolute atomic E-state index is 11.9. The van der Waals surface area contributed by atoms with Crippen LogP contribution >= 0.6 is 0 Å². The minimum absolute atomic E-state index is 0.0746. The number of hydrogen-bond donors (Lipinski definition) is 2. The Labute approximate surface area is 162 Å². The summed E-state index contributed by atoms with van der Waals surface area (Å²) >= 11 is 0. The van der Waals surface area contributed by atoms with E-state index >= 15 is 0 Å². The van der Waals surface area contributed by atoms with Crippen LogP contribution in [0.4, 0.5) is 0 Å². The number of nitrogens with one attached hydrogen (secondary N) is 1. The largest absolute Gasteiger partial charge is 0.507 e. The highest BCUT2D eigenvalue weighted by atomic mass is 16.3. The first-order valence-corrected chi connectivity index (χ1v) is 10.2. The molecule has 0 aliphatic carbocycles. The number of phenols is 1. The second-order valence-corrected chi connectivity index (χ2v) is 7.10. The van der Waals surface area contributed by atoms with E-state index in [9.17, 15) is 9.90 Å². The summed E-state index contributed by atoms with van der Waals surface area (Å²) in [4.78, 5) is 11.9. The topological polar surface area (TPSA) is 61.7 Å². The van der Waals surface area contributed by atoms with Gasteiger partial charge in [-0.1, -0.05) is 88.6 Å². The van der Waals surface area contributed by atoms with Gasteiger partial charge >= 0.3 is 0 Å². The molecule has 0 atom stereocenters. The van der Waals surface area contributed by atoms with Gasteiger partial charge in [-0.2, -0.15) is 5.10 Å². The van der Waals surface area contributed by atoms with E-state index in [1.807, 2.05) is 30.3 Å². The Morgan fingerprint density at radius 2 is 1.63 bits per heavy atom. The Morgan fingerprint density at radius 3 is 2.37 bits per heavy atom. The second kappa shape index (κ2) is 12.1. The summed E-state index contributed by atoms with van der Waals surface area (Å²) in [7, 11) is 0. The van der Waals surface area contributed by atoms with Crippen LogP contribution in [0.3, 0.4) is 0 Å². The van der Waals surface area contributed by atoms with Gasteiger partial charge in [0.25, 0.3) is 0 Å². The molecule has 146 valence electrons. The predicted molar refractivity (Wildman–Crippen MR) is 113 cm³/mol. The zero-order chi connectivity index (χ0) is 19.3. The van der Waals surface area contributed by atoms with Crippen LogP contribution < -0.4 is 5.43 Å². The standard InChI is InChI=1S/C23H32N2O2/c1-2-3-4-5-6-7-8-9-10-15-22(26)25-24-18-20-17-16-19-13-11-12-14-21(19)23(20)27/h11-14,16-18,27H,2-10,15H2,1H3,(H,25,26). The first-order chi connectivity index (χ1) is 13.2. The number of hydrazone groups is 1. The highest BCUT2D eigenvalue weighted by Gasteiger charge is 2.04. The van der Waals surface area contributed by atoms with Crippen LogP contribution in [0.1, 0.15) is 76.7 Å². The van der Waals surface area contributed by atoms with Gasteiger partial charge < -0.3 is 5.11 Å². The summed E-state index contributed by atoms with van der Waals surface area (Å²) in [6.45, 7) is 2.24. The molecule has 0 saturated carbocycles. The van der Waals surface area contributed by atoms with Gasteiger partial charge in [0.15, 0.2) is 0 Å². The van der Waals surface area contributed by atoms with E-state index in [-0.39, 0.29) is 11.7 Å². The summed E-state index contributed by atoms with van der Waals surface area (Å²) in [6, 6.07) is 11.4. The normalized spacial score (nSPS) is 11.3. The first kappa shape index (κ1) is 20.9. The van der Waals surface area contributed by atoms with Crippen molar-refractivity contribution in [2.45, 2.75) is 71.1 Å². The van der Waals surface area contributed by atoms with Gasteiger partial charge in [-0.3, -0.25) is 4.79 Å². The number of unbranched alkanes of at least 4 members (excludes halogenated alkanes) is 8. The van der Waals surface area contributed by atoms with E-state index in [1.165, 1.54) is 51.2 Å². The summed E-state index contributed by atoms with van der Waals surface area (Å²) in [5.41, 5.74) is 3.15. The number of rotatable bonds is 12. The lowest BCUT2D eigenvalue weighted by atomic mass is 10.1. The minimum Gasteiger partial charge on any atom is -0.507 e. The van der Waals surface area contributed by atoms with Crippen LogP contribution in [0.5, 0.6) is 5.75 Å². The quantitative estimate of drug-likeness (QED) is 0.278. The Balaban J connectivity index is 1.63. The minimum atomic E-state index is -0.0746. The zero-order valence-corrected chi connectivity index (χ0v) is 16.4. The number of aromatic hydroxyl groups is 1. The van der Waals surface area contributed by atoms with Crippen LogP contribution in [0, 0.1) is 0 Å². The molecule has 1 amide bonds. The van der Waals surface area contributed by atoms with Gasteiger partial charge in [0, 0.05) is 17.4 Å². The van der Waals surface area contributed by atoms with Crippen molar-refractivity contribution in [3.05, 3.63) is 42.0 Å². The number of phenolic OH excluding ortho intramolecular Hbond substituents is 1. The van der Waals surface area contributed by atoms with Gasteiger partial charge in [-0.05, 0) is 17.9 Å². The molecule has 0 heterocycles. The van der Waals surface area contributed by atoms with Crippen molar-refractivity contribution in [2.24, 2.45) is 5.10 Å². The van der Waals surface area contributed by atoms with Crippen LogP contribution in [0.2, 0.25) is 0 Å². The fraction of sp³-hybridized carbons (Fsp3) is 0.478. The molecular weight excluding hydrogens is 336 g/mol. The third-order valence-corrected chi connectivity index (χ3v) is 4.83.